The average Bonchev–Trinajstić information content (AvgIpc) is 2.88. The van der Waals surface area contributed by atoms with E-state index in [1.54, 1.807) is 0 Å². The molecule has 5 nitrogen and oxygen atoms in total. The molecular weight excluding hydrogens is 275 g/mol. The summed E-state index contributed by atoms with van der Waals surface area (Å²) in [4.78, 5) is 23.3. The molecule has 1 aliphatic carbocycles. The minimum absolute atomic E-state index is 0.148. The van der Waals surface area contributed by atoms with Gasteiger partial charge in [-0.2, -0.15) is 0 Å². The third-order valence-corrected chi connectivity index (χ3v) is 3.60. The molecule has 2 amide bonds. The first kappa shape index (κ1) is 15.4. The number of carbonyl (C=O) groups excluding carboxylic acids is 2. The minimum atomic E-state index is -0.494. The largest absolute Gasteiger partial charge is 0.393 e. The number of benzene rings is 1. The van der Waals surface area contributed by atoms with Crippen molar-refractivity contribution >= 4 is 11.8 Å². The van der Waals surface area contributed by atoms with E-state index in [0.717, 1.165) is 18.9 Å². The number of aliphatic hydroxyl groups is 1. The van der Waals surface area contributed by atoms with Gasteiger partial charge in [-0.1, -0.05) is 6.07 Å². The van der Waals surface area contributed by atoms with Gasteiger partial charge in [0.15, 0.2) is 0 Å². The Kier molecular flexibility index (Phi) is 5.27. The topological polar surface area (TPSA) is 78.4 Å². The van der Waals surface area contributed by atoms with Crippen LogP contribution in [0.15, 0.2) is 24.3 Å². The molecule has 114 valence electrons. The van der Waals surface area contributed by atoms with Crippen molar-refractivity contribution in [2.45, 2.75) is 25.4 Å². The Morgan fingerprint density at radius 3 is 2.76 bits per heavy atom. The Morgan fingerprint density at radius 2 is 2.10 bits per heavy atom. The number of carbonyl (C=O) groups is 2. The maximum absolute atomic E-state index is 13.0. The summed E-state index contributed by atoms with van der Waals surface area (Å²) in [5.74, 6) is -0.975. The molecule has 2 unspecified atom stereocenters. The van der Waals surface area contributed by atoms with Crippen LogP contribution in [0, 0.1) is 11.7 Å². The zero-order valence-corrected chi connectivity index (χ0v) is 11.6. The first-order valence-corrected chi connectivity index (χ1v) is 7.03. The highest BCUT2D eigenvalue weighted by molar-refractivity contribution is 5.96. The molecule has 0 radical (unpaired) electrons. The van der Waals surface area contributed by atoms with E-state index in [1.165, 1.54) is 18.2 Å². The van der Waals surface area contributed by atoms with Crippen molar-refractivity contribution in [2.24, 2.45) is 5.92 Å². The summed E-state index contributed by atoms with van der Waals surface area (Å²) in [7, 11) is 0. The molecule has 2 atom stereocenters. The molecule has 2 rings (SSSR count). The Hall–Kier alpha value is -1.95. The Bertz CT molecular complexity index is 521. The lowest BCUT2D eigenvalue weighted by Crippen LogP contribution is -2.38. The number of hydrogen-bond acceptors (Lipinski definition) is 3. The summed E-state index contributed by atoms with van der Waals surface area (Å²) in [6, 6.07) is 5.29. The predicted molar refractivity (Wildman–Crippen MR) is 75.1 cm³/mol. The van der Waals surface area contributed by atoms with E-state index >= 15 is 0 Å². The van der Waals surface area contributed by atoms with E-state index in [2.05, 4.69) is 10.6 Å². The van der Waals surface area contributed by atoms with Crippen molar-refractivity contribution in [1.82, 2.24) is 10.6 Å². The quantitative estimate of drug-likeness (QED) is 0.753. The van der Waals surface area contributed by atoms with Gasteiger partial charge in [-0.3, -0.25) is 9.59 Å². The zero-order chi connectivity index (χ0) is 15.2. The number of nitrogens with one attached hydrogen (secondary N) is 2. The molecule has 1 aromatic carbocycles. The standard InChI is InChI=1S/C15H19FN2O3/c16-12-3-1-2-11(7-12)15(21)18-9-14(20)17-8-10-4-5-13(19)6-10/h1-3,7,10,13,19H,4-6,8-9H2,(H,17,20)(H,18,21). The Labute approximate surface area is 122 Å². The fourth-order valence-electron chi connectivity index (χ4n) is 2.45. The SMILES string of the molecule is O=C(CNC(=O)c1cccc(F)c1)NCC1CCC(O)C1. The van der Waals surface area contributed by atoms with Crippen molar-refractivity contribution in [2.75, 3.05) is 13.1 Å². The summed E-state index contributed by atoms with van der Waals surface area (Å²) in [6.45, 7) is 0.357. The van der Waals surface area contributed by atoms with Crippen LogP contribution in [0.25, 0.3) is 0 Å². The number of amides is 2. The van der Waals surface area contributed by atoms with E-state index in [-0.39, 0.29) is 24.1 Å². The van der Waals surface area contributed by atoms with Gasteiger partial charge in [0.25, 0.3) is 5.91 Å². The van der Waals surface area contributed by atoms with Crippen molar-refractivity contribution in [3.8, 4) is 0 Å². The van der Waals surface area contributed by atoms with Gasteiger partial charge < -0.3 is 15.7 Å². The van der Waals surface area contributed by atoms with Crippen molar-refractivity contribution in [1.29, 1.82) is 0 Å². The fraction of sp³-hybridized carbons (Fsp3) is 0.467. The van der Waals surface area contributed by atoms with Gasteiger partial charge in [-0.05, 0) is 43.4 Å². The first-order valence-electron chi connectivity index (χ1n) is 7.03. The van der Waals surface area contributed by atoms with E-state index in [4.69, 9.17) is 0 Å². The van der Waals surface area contributed by atoms with Gasteiger partial charge in [0.1, 0.15) is 5.82 Å². The summed E-state index contributed by atoms with van der Waals surface area (Å²) in [5, 5.41) is 14.6. The maximum Gasteiger partial charge on any atom is 0.251 e. The third-order valence-electron chi connectivity index (χ3n) is 3.60. The van der Waals surface area contributed by atoms with Gasteiger partial charge in [-0.15, -0.1) is 0 Å². The molecule has 0 heterocycles. The normalized spacial score (nSPS) is 21.0. The highest BCUT2D eigenvalue weighted by atomic mass is 19.1. The molecule has 0 aliphatic heterocycles. The first-order chi connectivity index (χ1) is 10.0. The van der Waals surface area contributed by atoms with Gasteiger partial charge in [0.2, 0.25) is 5.91 Å². The minimum Gasteiger partial charge on any atom is -0.393 e. The maximum atomic E-state index is 13.0. The zero-order valence-electron chi connectivity index (χ0n) is 11.6. The Balaban J connectivity index is 1.70. The van der Waals surface area contributed by atoms with E-state index < -0.39 is 11.7 Å². The van der Waals surface area contributed by atoms with Crippen LogP contribution in [0.4, 0.5) is 4.39 Å². The summed E-state index contributed by atoms with van der Waals surface area (Å²) in [6.07, 6.45) is 2.11. The molecule has 0 aromatic heterocycles. The smallest absolute Gasteiger partial charge is 0.251 e. The Morgan fingerprint density at radius 1 is 1.29 bits per heavy atom. The third kappa shape index (κ3) is 4.82. The van der Waals surface area contributed by atoms with Crippen molar-refractivity contribution < 1.29 is 19.1 Å². The van der Waals surface area contributed by atoms with Crippen LogP contribution in [0.1, 0.15) is 29.6 Å². The van der Waals surface area contributed by atoms with Crippen LogP contribution in [-0.2, 0) is 4.79 Å². The summed E-state index contributed by atoms with van der Waals surface area (Å²) in [5.41, 5.74) is 0.182. The molecule has 0 spiro atoms. The van der Waals surface area contributed by atoms with Crippen LogP contribution in [0.2, 0.25) is 0 Å². The highest BCUT2D eigenvalue weighted by Gasteiger charge is 2.22. The molecule has 6 heteroatoms. The van der Waals surface area contributed by atoms with E-state index in [0.29, 0.717) is 18.9 Å². The van der Waals surface area contributed by atoms with Crippen LogP contribution >= 0.6 is 0 Å². The van der Waals surface area contributed by atoms with E-state index in [9.17, 15) is 19.1 Å². The molecule has 21 heavy (non-hydrogen) atoms. The molecule has 1 saturated carbocycles. The lowest BCUT2D eigenvalue weighted by molar-refractivity contribution is -0.120. The lowest BCUT2D eigenvalue weighted by atomic mass is 10.1. The van der Waals surface area contributed by atoms with Crippen LogP contribution in [0.3, 0.4) is 0 Å². The number of aliphatic hydroxyl groups excluding tert-OH is 1. The second-order valence-corrected chi connectivity index (χ2v) is 5.33. The monoisotopic (exact) mass is 294 g/mol. The van der Waals surface area contributed by atoms with Gasteiger partial charge in [0.05, 0.1) is 12.6 Å². The number of rotatable bonds is 5. The second kappa shape index (κ2) is 7.17. The fourth-order valence-corrected chi connectivity index (χ4v) is 2.45. The molecule has 1 fully saturated rings. The number of hydrogen-bond donors (Lipinski definition) is 3. The molecule has 3 N–H and O–H groups in total. The molecular formula is C15H19FN2O3. The van der Waals surface area contributed by atoms with Crippen molar-refractivity contribution in [3.05, 3.63) is 35.6 Å². The molecule has 0 saturated heterocycles. The van der Waals surface area contributed by atoms with Crippen molar-refractivity contribution in [3.63, 3.8) is 0 Å². The molecule has 0 bridgehead atoms. The van der Waals surface area contributed by atoms with Gasteiger partial charge in [0, 0.05) is 12.1 Å². The summed E-state index contributed by atoms with van der Waals surface area (Å²) >= 11 is 0. The second-order valence-electron chi connectivity index (χ2n) is 5.33. The van der Waals surface area contributed by atoms with Gasteiger partial charge >= 0.3 is 0 Å². The molecule has 1 aliphatic rings. The predicted octanol–water partition coefficient (Wildman–Crippen LogP) is 0.833. The van der Waals surface area contributed by atoms with Crippen LogP contribution < -0.4 is 10.6 Å². The lowest BCUT2D eigenvalue weighted by Gasteiger charge is -2.11. The van der Waals surface area contributed by atoms with E-state index in [1.807, 2.05) is 0 Å². The van der Waals surface area contributed by atoms with Gasteiger partial charge in [-0.25, -0.2) is 4.39 Å². The van der Waals surface area contributed by atoms with Crippen LogP contribution in [0.5, 0.6) is 0 Å². The summed E-state index contributed by atoms with van der Waals surface area (Å²) < 4.78 is 13.0. The van der Waals surface area contributed by atoms with Crippen LogP contribution in [-0.4, -0.2) is 36.1 Å². The average molecular weight is 294 g/mol. The molecule has 1 aromatic rings. The highest BCUT2D eigenvalue weighted by Crippen LogP contribution is 2.24. The number of halogens is 1.